The summed E-state index contributed by atoms with van der Waals surface area (Å²) in [6.07, 6.45) is 3.43. The van der Waals surface area contributed by atoms with E-state index in [0.29, 0.717) is 24.5 Å². The zero-order valence-electron chi connectivity index (χ0n) is 14.1. The molecule has 126 valence electrons. The van der Waals surface area contributed by atoms with E-state index in [1.54, 1.807) is 17.8 Å². The number of nitrogens with zero attached hydrogens (tertiary/aromatic N) is 3. The number of benzene rings is 1. The molecule has 0 fully saturated rings. The highest BCUT2D eigenvalue weighted by atomic mass is 16.5. The number of carbonyl (C=O) groups is 1. The molecule has 0 saturated heterocycles. The highest BCUT2D eigenvalue weighted by molar-refractivity contribution is 5.97. The molecular formula is C19H18N4O2. The minimum absolute atomic E-state index is 0.246. The van der Waals surface area contributed by atoms with Gasteiger partial charge >= 0.3 is 0 Å². The minimum Gasteiger partial charge on any atom is -0.372 e. The van der Waals surface area contributed by atoms with Crippen molar-refractivity contribution < 1.29 is 9.53 Å². The van der Waals surface area contributed by atoms with Crippen LogP contribution in [0.3, 0.4) is 0 Å². The topological polar surface area (TPSA) is 68.5 Å². The van der Waals surface area contributed by atoms with E-state index < -0.39 is 0 Å². The van der Waals surface area contributed by atoms with Gasteiger partial charge in [-0.25, -0.2) is 9.97 Å². The lowest BCUT2D eigenvalue weighted by molar-refractivity contribution is 0.0948. The van der Waals surface area contributed by atoms with Gasteiger partial charge in [-0.05, 0) is 30.7 Å². The van der Waals surface area contributed by atoms with Crippen LogP contribution in [-0.4, -0.2) is 34.0 Å². The molecule has 2 aromatic heterocycles. The highest BCUT2D eigenvalue weighted by Gasteiger charge is 2.14. The smallest absolute Gasteiger partial charge is 0.274 e. The lowest BCUT2D eigenvalue weighted by atomic mass is 10.1. The number of hydrogen-bond donors (Lipinski definition) is 1. The van der Waals surface area contributed by atoms with Crippen LogP contribution in [0.5, 0.6) is 0 Å². The molecule has 0 aliphatic heterocycles. The average Bonchev–Trinajstić information content (AvgIpc) is 3.04. The zero-order valence-corrected chi connectivity index (χ0v) is 14.1. The first kappa shape index (κ1) is 16.7. The van der Waals surface area contributed by atoms with E-state index in [-0.39, 0.29) is 5.91 Å². The molecule has 2 heterocycles. The fourth-order valence-electron chi connectivity index (χ4n) is 2.31. The second-order valence-electron chi connectivity index (χ2n) is 5.51. The van der Waals surface area contributed by atoms with Crippen LogP contribution >= 0.6 is 0 Å². The summed E-state index contributed by atoms with van der Waals surface area (Å²) in [6, 6.07) is 9.57. The third-order valence-corrected chi connectivity index (χ3v) is 3.60. The van der Waals surface area contributed by atoms with Gasteiger partial charge in [-0.1, -0.05) is 24.0 Å². The lowest BCUT2D eigenvalue weighted by Crippen LogP contribution is -2.23. The summed E-state index contributed by atoms with van der Waals surface area (Å²) in [6.45, 7) is 2.70. The van der Waals surface area contributed by atoms with E-state index >= 15 is 0 Å². The van der Waals surface area contributed by atoms with Crippen LogP contribution in [0.25, 0.3) is 5.65 Å². The van der Waals surface area contributed by atoms with E-state index in [9.17, 15) is 4.79 Å². The lowest BCUT2D eigenvalue weighted by Gasteiger charge is -2.04. The highest BCUT2D eigenvalue weighted by Crippen LogP contribution is 2.08. The summed E-state index contributed by atoms with van der Waals surface area (Å²) in [5, 5.41) is 2.87. The van der Waals surface area contributed by atoms with E-state index in [2.05, 4.69) is 27.1 Å². The molecule has 0 aliphatic rings. The first-order valence-electron chi connectivity index (χ1n) is 7.82. The van der Waals surface area contributed by atoms with Gasteiger partial charge in [0.15, 0.2) is 11.3 Å². The maximum atomic E-state index is 12.4. The van der Waals surface area contributed by atoms with Gasteiger partial charge in [0.2, 0.25) is 0 Å². The molecule has 0 atom stereocenters. The van der Waals surface area contributed by atoms with Gasteiger partial charge in [0.05, 0.1) is 0 Å². The first-order valence-corrected chi connectivity index (χ1v) is 7.82. The standard InChI is InChI=1S/C19H18N4O2/c1-14-9-10-23-13-21-17(18(23)22-14)19(24)20-12-16-7-5-15(6-8-16)4-3-11-25-2/h5-10,13H,11-12H2,1-2H3,(H,20,24). The fraction of sp³-hybridized carbons (Fsp3) is 0.211. The Labute approximate surface area is 145 Å². The second kappa shape index (κ2) is 7.60. The Morgan fingerprint density at radius 1 is 1.28 bits per heavy atom. The van der Waals surface area contributed by atoms with Gasteiger partial charge in [-0.15, -0.1) is 0 Å². The molecule has 6 nitrogen and oxygen atoms in total. The molecule has 1 amide bonds. The molecule has 0 aliphatic carbocycles. The Hall–Kier alpha value is -3.17. The largest absolute Gasteiger partial charge is 0.372 e. The van der Waals surface area contributed by atoms with Crippen molar-refractivity contribution in [3.63, 3.8) is 0 Å². The monoisotopic (exact) mass is 334 g/mol. The average molecular weight is 334 g/mol. The molecule has 3 rings (SSSR count). The van der Waals surface area contributed by atoms with Crippen molar-refractivity contribution in [3.05, 3.63) is 65.4 Å². The Balaban J connectivity index is 1.66. The summed E-state index contributed by atoms with van der Waals surface area (Å²) in [4.78, 5) is 20.9. The number of nitrogens with one attached hydrogen (secondary N) is 1. The number of imidazole rings is 1. The normalized spacial score (nSPS) is 10.3. The predicted molar refractivity (Wildman–Crippen MR) is 94.1 cm³/mol. The van der Waals surface area contributed by atoms with Gasteiger partial charge in [-0.3, -0.25) is 9.20 Å². The summed E-state index contributed by atoms with van der Waals surface area (Å²) >= 11 is 0. The number of amides is 1. The number of aromatic nitrogens is 3. The van der Waals surface area contributed by atoms with E-state index in [0.717, 1.165) is 16.8 Å². The third kappa shape index (κ3) is 4.03. The van der Waals surface area contributed by atoms with Crippen LogP contribution in [-0.2, 0) is 11.3 Å². The molecule has 0 bridgehead atoms. The van der Waals surface area contributed by atoms with Crippen LogP contribution in [0.15, 0.2) is 42.9 Å². The number of fused-ring (bicyclic) bond motifs is 1. The summed E-state index contributed by atoms with van der Waals surface area (Å²) in [5.74, 6) is 5.66. The zero-order chi connectivity index (χ0) is 17.6. The van der Waals surface area contributed by atoms with Crippen molar-refractivity contribution in [2.75, 3.05) is 13.7 Å². The van der Waals surface area contributed by atoms with E-state index in [1.807, 2.05) is 43.5 Å². The molecule has 1 aromatic carbocycles. The Morgan fingerprint density at radius 3 is 2.84 bits per heavy atom. The quantitative estimate of drug-likeness (QED) is 0.741. The van der Waals surface area contributed by atoms with E-state index in [1.165, 1.54) is 0 Å². The Bertz CT molecular complexity index is 949. The first-order chi connectivity index (χ1) is 12.2. The SMILES string of the molecule is COCC#Cc1ccc(CNC(=O)c2ncn3ccc(C)nc23)cc1. The van der Waals surface area contributed by atoms with E-state index in [4.69, 9.17) is 4.74 Å². The second-order valence-corrected chi connectivity index (χ2v) is 5.51. The molecule has 1 N–H and O–H groups in total. The molecular weight excluding hydrogens is 316 g/mol. The number of ether oxygens (including phenoxy) is 1. The number of hydrogen-bond acceptors (Lipinski definition) is 4. The maximum absolute atomic E-state index is 12.4. The molecule has 0 spiro atoms. The van der Waals surface area contributed by atoms with Crippen LogP contribution in [0, 0.1) is 18.8 Å². The molecule has 6 heteroatoms. The van der Waals surface area contributed by atoms with Gasteiger partial charge in [0, 0.05) is 31.1 Å². The number of carbonyl (C=O) groups excluding carboxylic acids is 1. The van der Waals surface area contributed by atoms with Crippen molar-refractivity contribution >= 4 is 11.6 Å². The van der Waals surface area contributed by atoms with Crippen molar-refractivity contribution in [1.29, 1.82) is 0 Å². The molecule has 0 unspecified atom stereocenters. The number of aryl methyl sites for hydroxylation is 1. The Kier molecular flexibility index (Phi) is 5.07. The summed E-state index contributed by atoms with van der Waals surface area (Å²) in [7, 11) is 1.61. The molecule has 0 saturated carbocycles. The number of rotatable bonds is 4. The van der Waals surface area contributed by atoms with Crippen LogP contribution in [0.4, 0.5) is 0 Å². The molecule has 3 aromatic rings. The summed E-state index contributed by atoms with van der Waals surface area (Å²) < 4.78 is 6.62. The fourth-order valence-corrected chi connectivity index (χ4v) is 2.31. The van der Waals surface area contributed by atoms with Crippen LogP contribution < -0.4 is 5.32 Å². The van der Waals surface area contributed by atoms with Crippen molar-refractivity contribution in [1.82, 2.24) is 19.7 Å². The molecule has 25 heavy (non-hydrogen) atoms. The van der Waals surface area contributed by atoms with Crippen molar-refractivity contribution in [3.8, 4) is 11.8 Å². The van der Waals surface area contributed by atoms with Gasteiger partial charge in [0.1, 0.15) is 12.9 Å². The Morgan fingerprint density at radius 2 is 2.08 bits per heavy atom. The van der Waals surface area contributed by atoms with Gasteiger partial charge < -0.3 is 10.1 Å². The van der Waals surface area contributed by atoms with Crippen molar-refractivity contribution in [2.24, 2.45) is 0 Å². The van der Waals surface area contributed by atoms with Gasteiger partial charge in [-0.2, -0.15) is 0 Å². The van der Waals surface area contributed by atoms with Gasteiger partial charge in [0.25, 0.3) is 5.91 Å². The van der Waals surface area contributed by atoms with Crippen molar-refractivity contribution in [2.45, 2.75) is 13.5 Å². The molecule has 0 radical (unpaired) electrons. The minimum atomic E-state index is -0.246. The predicted octanol–water partition coefficient (Wildman–Crippen LogP) is 1.97. The number of methoxy groups -OCH3 is 1. The maximum Gasteiger partial charge on any atom is 0.274 e. The summed E-state index contributed by atoms with van der Waals surface area (Å²) in [5.41, 5.74) is 3.62. The third-order valence-electron chi connectivity index (χ3n) is 3.60. The van der Waals surface area contributed by atoms with Crippen LogP contribution in [0.1, 0.15) is 27.3 Å². The van der Waals surface area contributed by atoms with Crippen LogP contribution in [0.2, 0.25) is 0 Å².